The van der Waals surface area contributed by atoms with Crippen LogP contribution in [-0.2, 0) is 4.79 Å². The van der Waals surface area contributed by atoms with E-state index < -0.39 is 6.04 Å². The Hall–Kier alpha value is -1.37. The smallest absolute Gasteiger partial charge is 0.267 e. The van der Waals surface area contributed by atoms with E-state index >= 15 is 0 Å². The molecule has 6 nitrogen and oxygen atoms in total. The summed E-state index contributed by atoms with van der Waals surface area (Å²) in [6.07, 6.45) is 1.27. The fourth-order valence-electron chi connectivity index (χ4n) is 0.971. The lowest BCUT2D eigenvalue weighted by Crippen LogP contribution is -2.36. The van der Waals surface area contributed by atoms with E-state index in [2.05, 4.69) is 36.5 Å². The Morgan fingerprint density at radius 2 is 2.33 bits per heavy atom. The highest BCUT2D eigenvalue weighted by molar-refractivity contribution is 9.10. The number of nitrogens with zero attached hydrogens (tertiary/aromatic N) is 1. The van der Waals surface area contributed by atoms with Gasteiger partial charge >= 0.3 is 0 Å². The third-order valence-corrected chi connectivity index (χ3v) is 2.53. The van der Waals surface area contributed by atoms with Crippen LogP contribution >= 0.6 is 15.9 Å². The predicted molar refractivity (Wildman–Crippen MR) is 59.7 cm³/mol. The molecule has 0 fully saturated rings. The number of aromatic nitrogens is 2. The first-order valence-electron chi connectivity index (χ1n) is 4.27. The molecule has 1 heterocycles. The molecule has 82 valence electrons. The lowest BCUT2D eigenvalue weighted by Gasteiger charge is -2.13. The van der Waals surface area contributed by atoms with Gasteiger partial charge in [0, 0.05) is 7.05 Å². The van der Waals surface area contributed by atoms with E-state index in [1.807, 2.05) is 0 Å². The number of likely N-dealkylation sites (N-methyl/N-ethyl adjacent to an activating group) is 1. The molecule has 0 saturated carbocycles. The molecule has 1 aromatic rings. The quantitative estimate of drug-likeness (QED) is 0.729. The maximum absolute atomic E-state index is 11.2. The largest absolute Gasteiger partial charge is 0.357 e. The van der Waals surface area contributed by atoms with Crippen molar-refractivity contribution >= 4 is 27.7 Å². The highest BCUT2D eigenvalue weighted by Gasteiger charge is 2.13. The molecular weight excluding hydrogens is 264 g/mol. The van der Waals surface area contributed by atoms with Crippen LogP contribution in [0.4, 0.5) is 5.82 Å². The van der Waals surface area contributed by atoms with Gasteiger partial charge in [-0.3, -0.25) is 9.59 Å². The molecule has 0 aliphatic rings. The SMILES string of the molecule is CNC(=O)C(C)Nc1nc[nH]c(=O)c1Br. The van der Waals surface area contributed by atoms with Crippen LogP contribution in [0.25, 0.3) is 0 Å². The van der Waals surface area contributed by atoms with Crippen LogP contribution in [-0.4, -0.2) is 29.0 Å². The summed E-state index contributed by atoms with van der Waals surface area (Å²) in [6.45, 7) is 1.67. The van der Waals surface area contributed by atoms with Crippen molar-refractivity contribution in [3.63, 3.8) is 0 Å². The molecule has 3 N–H and O–H groups in total. The fraction of sp³-hybridized carbons (Fsp3) is 0.375. The lowest BCUT2D eigenvalue weighted by molar-refractivity contribution is -0.121. The Morgan fingerprint density at radius 3 is 2.93 bits per heavy atom. The average molecular weight is 275 g/mol. The number of hydrogen-bond donors (Lipinski definition) is 3. The van der Waals surface area contributed by atoms with Gasteiger partial charge in [0.1, 0.15) is 16.3 Å². The first-order chi connectivity index (χ1) is 7.06. The van der Waals surface area contributed by atoms with Crippen molar-refractivity contribution in [3.05, 3.63) is 21.2 Å². The van der Waals surface area contributed by atoms with Crippen LogP contribution in [0.3, 0.4) is 0 Å². The first kappa shape index (κ1) is 11.7. The second-order valence-corrected chi connectivity index (χ2v) is 3.67. The van der Waals surface area contributed by atoms with E-state index in [-0.39, 0.29) is 15.9 Å². The molecule has 1 amide bonds. The van der Waals surface area contributed by atoms with E-state index in [9.17, 15) is 9.59 Å². The number of halogens is 1. The van der Waals surface area contributed by atoms with E-state index in [0.717, 1.165) is 0 Å². The molecular formula is C8H11BrN4O2. The van der Waals surface area contributed by atoms with E-state index in [0.29, 0.717) is 5.82 Å². The van der Waals surface area contributed by atoms with Gasteiger partial charge in [-0.2, -0.15) is 0 Å². The van der Waals surface area contributed by atoms with Gasteiger partial charge in [-0.15, -0.1) is 0 Å². The molecule has 0 saturated heterocycles. The summed E-state index contributed by atoms with van der Waals surface area (Å²) in [5, 5.41) is 5.30. The van der Waals surface area contributed by atoms with Crippen LogP contribution in [0.15, 0.2) is 15.6 Å². The Balaban J connectivity index is 2.86. The minimum Gasteiger partial charge on any atom is -0.357 e. The van der Waals surface area contributed by atoms with Crippen molar-refractivity contribution in [2.75, 3.05) is 12.4 Å². The fourth-order valence-corrected chi connectivity index (χ4v) is 1.30. The molecule has 1 aromatic heterocycles. The van der Waals surface area contributed by atoms with Crippen LogP contribution < -0.4 is 16.2 Å². The zero-order valence-electron chi connectivity index (χ0n) is 8.30. The van der Waals surface area contributed by atoms with Crippen molar-refractivity contribution in [1.29, 1.82) is 0 Å². The number of hydrogen-bond acceptors (Lipinski definition) is 4. The highest BCUT2D eigenvalue weighted by Crippen LogP contribution is 2.13. The monoisotopic (exact) mass is 274 g/mol. The van der Waals surface area contributed by atoms with Gasteiger partial charge in [0.05, 0.1) is 6.33 Å². The number of anilines is 1. The molecule has 0 bridgehead atoms. The molecule has 1 rings (SSSR count). The van der Waals surface area contributed by atoms with Crippen LogP contribution in [0, 0.1) is 0 Å². The molecule has 0 aliphatic heterocycles. The standard InChI is InChI=1S/C8H11BrN4O2/c1-4(7(14)10-2)13-6-5(9)8(15)12-3-11-6/h3-4H,1-2H3,(H,10,14)(H2,11,12,13,15). The molecule has 1 atom stereocenters. The van der Waals surface area contributed by atoms with Crippen molar-refractivity contribution < 1.29 is 4.79 Å². The predicted octanol–water partition coefficient (Wildman–Crippen LogP) is 0.0788. The second kappa shape index (κ2) is 4.92. The minimum atomic E-state index is -0.458. The van der Waals surface area contributed by atoms with Gasteiger partial charge < -0.3 is 15.6 Å². The molecule has 0 radical (unpaired) electrons. The number of nitrogens with one attached hydrogen (secondary N) is 3. The van der Waals surface area contributed by atoms with Crippen LogP contribution in [0.2, 0.25) is 0 Å². The normalized spacial score (nSPS) is 11.9. The Kier molecular flexibility index (Phi) is 3.84. The summed E-state index contributed by atoms with van der Waals surface area (Å²) in [4.78, 5) is 28.7. The third kappa shape index (κ3) is 2.79. The second-order valence-electron chi connectivity index (χ2n) is 2.87. The Labute approximate surface area is 94.6 Å². The number of carbonyl (C=O) groups is 1. The highest BCUT2D eigenvalue weighted by atomic mass is 79.9. The van der Waals surface area contributed by atoms with Crippen molar-refractivity contribution in [3.8, 4) is 0 Å². The number of amides is 1. The number of carbonyl (C=O) groups excluding carboxylic acids is 1. The van der Waals surface area contributed by atoms with Gasteiger partial charge in [-0.1, -0.05) is 0 Å². The van der Waals surface area contributed by atoms with Crippen LogP contribution in [0.5, 0.6) is 0 Å². The summed E-state index contributed by atoms with van der Waals surface area (Å²) in [5.41, 5.74) is -0.295. The molecule has 1 unspecified atom stereocenters. The molecule has 15 heavy (non-hydrogen) atoms. The topological polar surface area (TPSA) is 86.9 Å². The summed E-state index contributed by atoms with van der Waals surface area (Å²) in [6, 6.07) is -0.458. The average Bonchev–Trinajstić information content (AvgIpc) is 2.23. The van der Waals surface area contributed by atoms with Gasteiger partial charge in [0.2, 0.25) is 5.91 Å². The van der Waals surface area contributed by atoms with E-state index in [1.165, 1.54) is 6.33 Å². The van der Waals surface area contributed by atoms with Crippen LogP contribution in [0.1, 0.15) is 6.92 Å². The molecule has 7 heteroatoms. The first-order valence-corrected chi connectivity index (χ1v) is 5.07. The third-order valence-electron chi connectivity index (χ3n) is 1.79. The summed E-state index contributed by atoms with van der Waals surface area (Å²) < 4.78 is 0.278. The lowest BCUT2D eigenvalue weighted by atomic mass is 10.3. The number of H-pyrrole nitrogens is 1. The summed E-state index contributed by atoms with van der Waals surface area (Å²) in [7, 11) is 1.54. The zero-order valence-corrected chi connectivity index (χ0v) is 9.88. The van der Waals surface area contributed by atoms with Crippen molar-refractivity contribution in [1.82, 2.24) is 15.3 Å². The van der Waals surface area contributed by atoms with Crippen molar-refractivity contribution in [2.24, 2.45) is 0 Å². The number of aromatic amines is 1. The molecule has 0 spiro atoms. The van der Waals surface area contributed by atoms with Gasteiger partial charge in [-0.05, 0) is 22.9 Å². The van der Waals surface area contributed by atoms with Gasteiger partial charge in [0.25, 0.3) is 5.56 Å². The summed E-state index contributed by atoms with van der Waals surface area (Å²) >= 11 is 3.08. The Bertz CT molecular complexity index is 417. The van der Waals surface area contributed by atoms with Gasteiger partial charge in [0.15, 0.2) is 0 Å². The zero-order chi connectivity index (χ0) is 11.4. The van der Waals surface area contributed by atoms with E-state index in [1.54, 1.807) is 14.0 Å². The maximum atomic E-state index is 11.2. The summed E-state index contributed by atoms with van der Waals surface area (Å²) in [5.74, 6) is 0.166. The molecule has 0 aromatic carbocycles. The van der Waals surface area contributed by atoms with Crippen molar-refractivity contribution in [2.45, 2.75) is 13.0 Å². The minimum absolute atomic E-state index is 0.177. The Morgan fingerprint density at radius 1 is 1.67 bits per heavy atom. The molecule has 0 aliphatic carbocycles. The van der Waals surface area contributed by atoms with Gasteiger partial charge in [-0.25, -0.2) is 4.98 Å². The number of rotatable bonds is 3. The van der Waals surface area contributed by atoms with E-state index in [4.69, 9.17) is 0 Å². The maximum Gasteiger partial charge on any atom is 0.267 e.